The molecule has 0 saturated heterocycles. The van der Waals surface area contributed by atoms with Crippen LogP contribution in [0.2, 0.25) is 4.34 Å². The summed E-state index contributed by atoms with van der Waals surface area (Å²) >= 11 is 7.53. The van der Waals surface area contributed by atoms with E-state index in [9.17, 15) is 4.79 Å². The number of hydrogen-bond donors (Lipinski definition) is 1. The van der Waals surface area contributed by atoms with Gasteiger partial charge in [0.25, 0.3) is 0 Å². The van der Waals surface area contributed by atoms with Gasteiger partial charge in [-0.15, -0.1) is 11.3 Å². The molecule has 1 N–H and O–H groups in total. The number of rotatable bonds is 6. The first-order chi connectivity index (χ1) is 10.9. The Morgan fingerprint density at radius 1 is 1.22 bits per heavy atom. The van der Waals surface area contributed by atoms with Gasteiger partial charge in [0.05, 0.1) is 10.9 Å². The van der Waals surface area contributed by atoms with Gasteiger partial charge >= 0.3 is 0 Å². The van der Waals surface area contributed by atoms with E-state index in [1.54, 1.807) is 11.3 Å². The summed E-state index contributed by atoms with van der Waals surface area (Å²) in [6.07, 6.45) is 0. The van der Waals surface area contributed by atoms with E-state index in [0.717, 1.165) is 34.2 Å². The zero-order valence-corrected chi connectivity index (χ0v) is 15.6. The highest BCUT2D eigenvalue weighted by atomic mass is 35.5. The maximum Gasteiger partial charge on any atom is 0.238 e. The molecule has 1 aromatic carbocycles. The van der Waals surface area contributed by atoms with Gasteiger partial charge in [-0.05, 0) is 50.6 Å². The Morgan fingerprint density at radius 2 is 1.87 bits per heavy atom. The van der Waals surface area contributed by atoms with Crippen LogP contribution in [-0.2, 0) is 11.3 Å². The number of carbonyl (C=O) groups is 1. The number of amides is 1. The van der Waals surface area contributed by atoms with Crippen LogP contribution in [0, 0.1) is 20.8 Å². The third kappa shape index (κ3) is 5.06. The van der Waals surface area contributed by atoms with E-state index in [4.69, 9.17) is 11.6 Å². The van der Waals surface area contributed by atoms with Gasteiger partial charge in [0.2, 0.25) is 5.91 Å². The number of thiophene rings is 1. The molecule has 0 bridgehead atoms. The van der Waals surface area contributed by atoms with E-state index < -0.39 is 0 Å². The summed E-state index contributed by atoms with van der Waals surface area (Å²) in [5.41, 5.74) is 4.34. The number of anilines is 1. The van der Waals surface area contributed by atoms with Gasteiger partial charge in [-0.25, -0.2) is 0 Å². The highest BCUT2D eigenvalue weighted by molar-refractivity contribution is 7.16. The molecule has 1 aromatic heterocycles. The first-order valence-corrected chi connectivity index (χ1v) is 8.92. The van der Waals surface area contributed by atoms with Crippen LogP contribution in [0.25, 0.3) is 0 Å². The van der Waals surface area contributed by atoms with Gasteiger partial charge in [-0.3, -0.25) is 9.69 Å². The van der Waals surface area contributed by atoms with Crippen LogP contribution in [0.3, 0.4) is 0 Å². The largest absolute Gasteiger partial charge is 0.324 e. The molecular weight excluding hydrogens is 328 g/mol. The molecule has 0 aliphatic heterocycles. The smallest absolute Gasteiger partial charge is 0.238 e. The highest BCUT2D eigenvalue weighted by Crippen LogP contribution is 2.23. The molecule has 0 atom stereocenters. The topological polar surface area (TPSA) is 32.3 Å². The molecule has 0 spiro atoms. The number of halogens is 1. The Bertz CT molecular complexity index is 673. The molecule has 0 aliphatic rings. The Hall–Kier alpha value is -1.36. The van der Waals surface area contributed by atoms with Gasteiger partial charge in [-0.2, -0.15) is 0 Å². The fraction of sp³-hybridized carbons (Fsp3) is 0.389. The van der Waals surface area contributed by atoms with Crippen LogP contribution in [0.4, 0.5) is 5.69 Å². The lowest BCUT2D eigenvalue weighted by Crippen LogP contribution is -2.32. The lowest BCUT2D eigenvalue weighted by atomic mass is 10.1. The van der Waals surface area contributed by atoms with Crippen LogP contribution in [0.15, 0.2) is 24.3 Å². The summed E-state index contributed by atoms with van der Waals surface area (Å²) in [4.78, 5) is 15.7. The van der Waals surface area contributed by atoms with Crippen molar-refractivity contribution < 1.29 is 4.79 Å². The molecule has 0 fully saturated rings. The van der Waals surface area contributed by atoms with Crippen molar-refractivity contribution >= 4 is 34.5 Å². The Labute approximate surface area is 147 Å². The van der Waals surface area contributed by atoms with E-state index in [1.165, 1.54) is 10.4 Å². The van der Waals surface area contributed by atoms with Gasteiger partial charge in [0.1, 0.15) is 0 Å². The van der Waals surface area contributed by atoms with E-state index in [0.29, 0.717) is 6.54 Å². The molecule has 0 radical (unpaired) electrons. The van der Waals surface area contributed by atoms with E-state index in [1.807, 2.05) is 26.0 Å². The average Bonchev–Trinajstić information content (AvgIpc) is 2.87. The maximum atomic E-state index is 12.4. The number of benzene rings is 1. The lowest BCUT2D eigenvalue weighted by Gasteiger charge is -2.20. The SMILES string of the molecule is CCN(CC(=O)Nc1c(C)cc(C)cc1C)Cc1ccc(Cl)s1. The van der Waals surface area contributed by atoms with Crippen LogP contribution >= 0.6 is 22.9 Å². The van der Waals surface area contributed by atoms with E-state index in [-0.39, 0.29) is 5.91 Å². The van der Waals surface area contributed by atoms with E-state index >= 15 is 0 Å². The molecule has 1 heterocycles. The number of likely N-dealkylation sites (N-methyl/N-ethyl adjacent to an activating group) is 1. The predicted molar refractivity (Wildman–Crippen MR) is 99.6 cm³/mol. The number of hydrogen-bond acceptors (Lipinski definition) is 3. The standard InChI is InChI=1S/C18H23ClN2OS/c1-5-21(10-15-6-7-16(19)23-15)11-17(22)20-18-13(3)8-12(2)9-14(18)4/h6-9H,5,10-11H2,1-4H3,(H,20,22). The molecule has 1 amide bonds. The molecule has 0 aliphatic carbocycles. The Kier molecular flexibility index (Phi) is 6.22. The Morgan fingerprint density at radius 3 is 2.39 bits per heavy atom. The summed E-state index contributed by atoms with van der Waals surface area (Å²) in [5, 5.41) is 3.06. The molecule has 5 heteroatoms. The van der Waals surface area contributed by atoms with Crippen molar-refractivity contribution in [3.8, 4) is 0 Å². The van der Waals surface area contributed by atoms with Gasteiger partial charge in [0.15, 0.2) is 0 Å². The van der Waals surface area contributed by atoms with Crippen molar-refractivity contribution in [1.29, 1.82) is 0 Å². The molecule has 2 aromatic rings. The van der Waals surface area contributed by atoms with Crippen LogP contribution in [0.5, 0.6) is 0 Å². The summed E-state index contributed by atoms with van der Waals surface area (Å²) < 4.78 is 0.784. The highest BCUT2D eigenvalue weighted by Gasteiger charge is 2.13. The number of nitrogens with zero attached hydrogens (tertiary/aromatic N) is 1. The van der Waals surface area contributed by atoms with Crippen LogP contribution in [0.1, 0.15) is 28.5 Å². The van der Waals surface area contributed by atoms with Crippen molar-refractivity contribution in [1.82, 2.24) is 4.90 Å². The predicted octanol–water partition coefficient (Wildman–Crippen LogP) is 4.79. The van der Waals surface area contributed by atoms with Gasteiger partial charge < -0.3 is 5.32 Å². The number of carbonyl (C=O) groups excluding carboxylic acids is 1. The van der Waals surface area contributed by atoms with Crippen LogP contribution in [-0.4, -0.2) is 23.9 Å². The first-order valence-electron chi connectivity index (χ1n) is 7.73. The second-order valence-electron chi connectivity index (χ2n) is 5.83. The second-order valence-corrected chi connectivity index (χ2v) is 7.63. The fourth-order valence-electron chi connectivity index (χ4n) is 2.70. The third-order valence-corrected chi connectivity index (χ3v) is 4.98. The lowest BCUT2D eigenvalue weighted by molar-refractivity contribution is -0.117. The number of aryl methyl sites for hydroxylation is 3. The summed E-state index contributed by atoms with van der Waals surface area (Å²) in [5.74, 6) is 0.0181. The van der Waals surface area contributed by atoms with Crippen LogP contribution < -0.4 is 5.32 Å². The average molecular weight is 351 g/mol. The van der Waals surface area contributed by atoms with Crippen molar-refractivity contribution in [2.45, 2.75) is 34.2 Å². The van der Waals surface area contributed by atoms with Gasteiger partial charge in [-0.1, -0.05) is 36.2 Å². The number of nitrogens with one attached hydrogen (secondary N) is 1. The minimum absolute atomic E-state index is 0.0181. The quantitative estimate of drug-likeness (QED) is 0.812. The fourth-order valence-corrected chi connectivity index (χ4v) is 3.83. The maximum absolute atomic E-state index is 12.4. The summed E-state index contributed by atoms with van der Waals surface area (Å²) in [6, 6.07) is 8.10. The minimum atomic E-state index is 0.0181. The Balaban J connectivity index is 2.00. The zero-order valence-electron chi connectivity index (χ0n) is 14.1. The van der Waals surface area contributed by atoms with Crippen molar-refractivity contribution in [3.63, 3.8) is 0 Å². The summed E-state index contributed by atoms with van der Waals surface area (Å²) in [6.45, 7) is 10.1. The monoisotopic (exact) mass is 350 g/mol. The van der Waals surface area contributed by atoms with Crippen molar-refractivity contribution in [2.75, 3.05) is 18.4 Å². The zero-order chi connectivity index (χ0) is 17.0. The molecular formula is C18H23ClN2OS. The molecule has 23 heavy (non-hydrogen) atoms. The molecule has 0 saturated carbocycles. The second kappa shape index (κ2) is 7.95. The molecule has 124 valence electrons. The summed E-state index contributed by atoms with van der Waals surface area (Å²) in [7, 11) is 0. The molecule has 0 unspecified atom stereocenters. The van der Waals surface area contributed by atoms with Gasteiger partial charge in [0, 0.05) is 17.1 Å². The third-order valence-electron chi connectivity index (χ3n) is 3.76. The van der Waals surface area contributed by atoms with E-state index in [2.05, 4.69) is 36.2 Å². The normalized spacial score (nSPS) is 11.0. The van der Waals surface area contributed by atoms with Crippen molar-refractivity contribution in [3.05, 3.63) is 50.2 Å². The first kappa shape index (κ1) is 18.0. The van der Waals surface area contributed by atoms with Crippen molar-refractivity contribution in [2.24, 2.45) is 0 Å². The molecule has 2 rings (SSSR count). The molecule has 3 nitrogen and oxygen atoms in total. The minimum Gasteiger partial charge on any atom is -0.324 e.